The number of benzene rings is 2. The first-order valence-electron chi connectivity index (χ1n) is 6.66. The molecule has 1 heterocycles. The van der Waals surface area contributed by atoms with E-state index >= 15 is 0 Å². The Morgan fingerprint density at radius 1 is 1.09 bits per heavy atom. The van der Waals surface area contributed by atoms with E-state index < -0.39 is 0 Å². The van der Waals surface area contributed by atoms with Gasteiger partial charge in [-0.25, -0.2) is 0 Å². The number of para-hydroxylation sites is 1. The Bertz CT molecular complexity index is 759. The summed E-state index contributed by atoms with van der Waals surface area (Å²) in [5, 5.41) is 8.17. The van der Waals surface area contributed by atoms with E-state index in [1.54, 1.807) is 30.3 Å². The zero-order chi connectivity index (χ0) is 15.5. The van der Waals surface area contributed by atoms with Crippen LogP contribution in [0.2, 0.25) is 0 Å². The third-order valence-corrected chi connectivity index (χ3v) is 3.84. The molecule has 0 aromatic heterocycles. The molecular weight excluding hydrogens is 346 g/mol. The Hall–Kier alpha value is -2.47. The molecule has 1 N–H and O–H groups in total. The van der Waals surface area contributed by atoms with E-state index in [-0.39, 0.29) is 18.2 Å². The molecule has 0 radical (unpaired) electrons. The lowest BCUT2D eigenvalue weighted by Gasteiger charge is -2.10. The summed E-state index contributed by atoms with van der Waals surface area (Å²) < 4.78 is 0.692. The number of nitrogens with zero attached hydrogens (tertiary/aromatic N) is 2. The molecule has 0 saturated carbocycles. The topological polar surface area (TPSA) is 61.8 Å². The van der Waals surface area contributed by atoms with E-state index in [0.29, 0.717) is 21.6 Å². The smallest absolute Gasteiger partial charge is 0.257 e. The molecule has 0 saturated heterocycles. The van der Waals surface area contributed by atoms with E-state index in [2.05, 4.69) is 26.3 Å². The largest absolute Gasteiger partial charge is 0.308 e. The molecule has 0 atom stereocenters. The van der Waals surface area contributed by atoms with Gasteiger partial charge in [-0.3, -0.25) is 9.59 Å². The van der Waals surface area contributed by atoms with Crippen LogP contribution in [-0.2, 0) is 4.79 Å². The number of rotatable bonds is 2. The second-order valence-electron chi connectivity index (χ2n) is 4.70. The Balaban J connectivity index is 1.78. The zero-order valence-corrected chi connectivity index (χ0v) is 13.1. The number of halogens is 1. The molecule has 2 aromatic carbocycles. The molecule has 0 unspecified atom stereocenters. The summed E-state index contributed by atoms with van der Waals surface area (Å²) in [5.41, 5.74) is 1.17. The molecule has 0 aliphatic carbocycles. The fraction of sp³-hybridized carbons (Fsp3) is 0.0625. The molecule has 110 valence electrons. The quantitative estimate of drug-likeness (QED) is 0.897. The van der Waals surface area contributed by atoms with Crippen molar-refractivity contribution in [1.29, 1.82) is 0 Å². The fourth-order valence-corrected chi connectivity index (χ4v) is 2.58. The molecule has 0 fully saturated rings. The van der Waals surface area contributed by atoms with Crippen LogP contribution in [0.4, 0.5) is 5.69 Å². The highest BCUT2D eigenvalue weighted by Crippen LogP contribution is 2.20. The number of amidine groups is 1. The normalized spacial score (nSPS) is 14.0. The van der Waals surface area contributed by atoms with Gasteiger partial charge in [0.05, 0.1) is 17.7 Å². The van der Waals surface area contributed by atoms with Crippen molar-refractivity contribution in [2.45, 2.75) is 6.42 Å². The lowest BCUT2D eigenvalue weighted by Crippen LogP contribution is -2.29. The van der Waals surface area contributed by atoms with Gasteiger partial charge in [-0.2, -0.15) is 10.1 Å². The lowest BCUT2D eigenvalue weighted by molar-refractivity contribution is -0.116. The Kier molecular flexibility index (Phi) is 4.02. The minimum absolute atomic E-state index is 0.0745. The van der Waals surface area contributed by atoms with Gasteiger partial charge in [0.2, 0.25) is 0 Å². The maximum Gasteiger partial charge on any atom is 0.257 e. The van der Waals surface area contributed by atoms with E-state index in [4.69, 9.17) is 0 Å². The van der Waals surface area contributed by atoms with Gasteiger partial charge in [0, 0.05) is 4.47 Å². The molecule has 0 bridgehead atoms. The van der Waals surface area contributed by atoms with Gasteiger partial charge in [0.1, 0.15) is 5.84 Å². The van der Waals surface area contributed by atoms with Crippen LogP contribution in [0.1, 0.15) is 16.8 Å². The minimum atomic E-state index is -0.297. The highest BCUT2D eigenvalue weighted by atomic mass is 79.9. The summed E-state index contributed by atoms with van der Waals surface area (Å²) in [6.45, 7) is 0. The Morgan fingerprint density at radius 2 is 1.77 bits per heavy atom. The van der Waals surface area contributed by atoms with Crippen LogP contribution in [0.5, 0.6) is 0 Å². The van der Waals surface area contributed by atoms with Gasteiger partial charge in [-0.05, 0) is 40.2 Å². The number of amides is 2. The van der Waals surface area contributed by atoms with E-state index in [1.807, 2.05) is 24.3 Å². The maximum atomic E-state index is 12.2. The van der Waals surface area contributed by atoms with Crippen LogP contribution in [0, 0.1) is 0 Å². The first-order valence-corrected chi connectivity index (χ1v) is 7.46. The molecule has 22 heavy (non-hydrogen) atoms. The molecule has 2 amide bonds. The maximum absolute atomic E-state index is 12.2. The first kappa shape index (κ1) is 14.5. The average Bonchev–Trinajstić information content (AvgIpc) is 2.89. The van der Waals surface area contributed by atoms with Crippen LogP contribution in [0.15, 0.2) is 64.2 Å². The van der Waals surface area contributed by atoms with E-state index in [9.17, 15) is 9.59 Å². The second kappa shape index (κ2) is 6.11. The third kappa shape index (κ3) is 2.92. The van der Waals surface area contributed by atoms with Crippen LogP contribution in [-0.4, -0.2) is 17.6 Å². The first-order chi connectivity index (χ1) is 10.6. The summed E-state index contributed by atoms with van der Waals surface area (Å²) in [6.07, 6.45) is 0.0745. The van der Waals surface area contributed by atoms with Crippen molar-refractivity contribution in [2.24, 2.45) is 5.10 Å². The summed E-state index contributed by atoms with van der Waals surface area (Å²) in [5.74, 6) is -0.128. The predicted octanol–water partition coefficient (Wildman–Crippen LogP) is 2.93. The molecule has 1 aliphatic heterocycles. The molecular formula is C16H12BrN3O2. The SMILES string of the molecule is O=C(NC1=NN(c2ccccc2)C(=O)C1)c1ccccc1Br. The van der Waals surface area contributed by atoms with Crippen molar-refractivity contribution in [3.8, 4) is 0 Å². The summed E-state index contributed by atoms with van der Waals surface area (Å²) in [4.78, 5) is 24.2. The standard InChI is InChI=1S/C16H12BrN3O2/c17-13-9-5-4-8-12(13)16(22)18-14-10-15(21)20(19-14)11-6-2-1-3-7-11/h1-9H,10H2,(H,18,19,22). The number of hydrogen-bond donors (Lipinski definition) is 1. The van der Waals surface area contributed by atoms with E-state index in [1.165, 1.54) is 5.01 Å². The Labute approximate surface area is 135 Å². The van der Waals surface area contributed by atoms with Gasteiger partial charge in [-0.15, -0.1) is 0 Å². The molecule has 0 spiro atoms. The Morgan fingerprint density at radius 3 is 2.50 bits per heavy atom. The molecule has 6 heteroatoms. The molecule has 1 aliphatic rings. The lowest BCUT2D eigenvalue weighted by atomic mass is 10.2. The van der Waals surface area contributed by atoms with Gasteiger partial charge in [-0.1, -0.05) is 30.3 Å². The molecule has 3 rings (SSSR count). The van der Waals surface area contributed by atoms with Gasteiger partial charge < -0.3 is 5.32 Å². The number of nitrogens with one attached hydrogen (secondary N) is 1. The van der Waals surface area contributed by atoms with Crippen molar-refractivity contribution >= 4 is 39.3 Å². The fourth-order valence-electron chi connectivity index (χ4n) is 2.11. The van der Waals surface area contributed by atoms with Crippen LogP contribution in [0.3, 0.4) is 0 Å². The number of carbonyl (C=O) groups is 2. The van der Waals surface area contributed by atoms with Gasteiger partial charge >= 0.3 is 0 Å². The van der Waals surface area contributed by atoms with Crippen molar-refractivity contribution in [1.82, 2.24) is 5.32 Å². The highest BCUT2D eigenvalue weighted by molar-refractivity contribution is 9.10. The third-order valence-electron chi connectivity index (χ3n) is 3.15. The highest BCUT2D eigenvalue weighted by Gasteiger charge is 2.26. The zero-order valence-electron chi connectivity index (χ0n) is 11.5. The van der Waals surface area contributed by atoms with Gasteiger partial charge in [0.15, 0.2) is 0 Å². The summed E-state index contributed by atoms with van der Waals surface area (Å²) >= 11 is 3.33. The average molecular weight is 358 g/mol. The van der Waals surface area contributed by atoms with E-state index in [0.717, 1.165) is 0 Å². The van der Waals surface area contributed by atoms with Crippen LogP contribution in [0.25, 0.3) is 0 Å². The number of hydrazone groups is 1. The van der Waals surface area contributed by atoms with Crippen LogP contribution < -0.4 is 10.3 Å². The second-order valence-corrected chi connectivity index (χ2v) is 5.55. The van der Waals surface area contributed by atoms with Crippen molar-refractivity contribution < 1.29 is 9.59 Å². The summed E-state index contributed by atoms with van der Waals surface area (Å²) in [7, 11) is 0. The van der Waals surface area contributed by atoms with Gasteiger partial charge in [0.25, 0.3) is 11.8 Å². The number of hydrogen-bond acceptors (Lipinski definition) is 3. The molecule has 5 nitrogen and oxygen atoms in total. The van der Waals surface area contributed by atoms with Crippen LogP contribution >= 0.6 is 15.9 Å². The van der Waals surface area contributed by atoms with Crippen molar-refractivity contribution in [2.75, 3.05) is 5.01 Å². The molecule has 2 aromatic rings. The number of carbonyl (C=O) groups excluding carboxylic acids is 2. The monoisotopic (exact) mass is 357 g/mol. The van der Waals surface area contributed by atoms with Crippen molar-refractivity contribution in [3.05, 3.63) is 64.6 Å². The summed E-state index contributed by atoms with van der Waals surface area (Å²) in [6, 6.07) is 16.2. The number of anilines is 1. The van der Waals surface area contributed by atoms with Crippen molar-refractivity contribution in [3.63, 3.8) is 0 Å². The minimum Gasteiger partial charge on any atom is -0.308 e. The predicted molar refractivity (Wildman–Crippen MR) is 87.6 cm³/mol.